The van der Waals surface area contributed by atoms with E-state index < -0.39 is 0 Å². The van der Waals surface area contributed by atoms with Crippen molar-refractivity contribution in [3.8, 4) is 0 Å². The molecule has 94 valence electrons. The van der Waals surface area contributed by atoms with Crippen molar-refractivity contribution in [1.82, 2.24) is 5.32 Å². The number of halogens is 3. The lowest BCUT2D eigenvalue weighted by atomic mass is 10.1. The number of benzene rings is 1. The van der Waals surface area contributed by atoms with Gasteiger partial charge < -0.3 is 5.32 Å². The van der Waals surface area contributed by atoms with Gasteiger partial charge in [-0.15, -0.1) is 11.6 Å². The first kappa shape index (κ1) is 14.6. The van der Waals surface area contributed by atoms with Crippen molar-refractivity contribution >= 4 is 40.7 Å². The molecule has 1 atom stereocenters. The lowest BCUT2D eigenvalue weighted by molar-refractivity contribution is 0.0931. The zero-order chi connectivity index (χ0) is 13.0. The van der Waals surface area contributed by atoms with E-state index in [9.17, 15) is 4.79 Å². The summed E-state index contributed by atoms with van der Waals surface area (Å²) in [6.45, 7) is 3.99. The molecule has 1 aromatic carbocycles. The molecule has 0 aliphatic heterocycles. The molecule has 1 aromatic rings. The lowest BCUT2D eigenvalue weighted by Gasteiger charge is -2.20. The largest absolute Gasteiger partial charge is 0.348 e. The van der Waals surface area contributed by atoms with Crippen molar-refractivity contribution in [2.45, 2.75) is 19.9 Å². The van der Waals surface area contributed by atoms with E-state index in [4.69, 9.17) is 34.8 Å². The molecule has 0 fully saturated rings. The lowest BCUT2D eigenvalue weighted by Crippen LogP contribution is -2.39. The Hall–Kier alpha value is -0.440. The van der Waals surface area contributed by atoms with Crippen LogP contribution in [0.4, 0.5) is 0 Å². The SMILES string of the molecule is CC(C)C(CCl)NC(=O)c1cc(Cl)ccc1Cl. The highest BCUT2D eigenvalue weighted by Crippen LogP contribution is 2.21. The first-order chi connectivity index (χ1) is 7.95. The molecule has 17 heavy (non-hydrogen) atoms. The maximum Gasteiger partial charge on any atom is 0.253 e. The maximum absolute atomic E-state index is 12.0. The van der Waals surface area contributed by atoms with Crippen LogP contribution in [0.5, 0.6) is 0 Å². The molecular formula is C12H14Cl3NO. The van der Waals surface area contributed by atoms with Crippen LogP contribution in [-0.2, 0) is 0 Å². The second kappa shape index (κ2) is 6.48. The number of hydrogen-bond acceptors (Lipinski definition) is 1. The maximum atomic E-state index is 12.0. The monoisotopic (exact) mass is 293 g/mol. The number of hydrogen-bond donors (Lipinski definition) is 1. The Balaban J connectivity index is 2.86. The average molecular weight is 295 g/mol. The van der Waals surface area contributed by atoms with Gasteiger partial charge in [-0.2, -0.15) is 0 Å². The predicted molar refractivity (Wildman–Crippen MR) is 73.3 cm³/mol. The number of carbonyl (C=O) groups is 1. The Morgan fingerprint density at radius 1 is 1.35 bits per heavy atom. The van der Waals surface area contributed by atoms with Crippen molar-refractivity contribution in [2.75, 3.05) is 5.88 Å². The van der Waals surface area contributed by atoms with Gasteiger partial charge in [-0.05, 0) is 24.1 Å². The zero-order valence-electron chi connectivity index (χ0n) is 9.64. The second-order valence-corrected chi connectivity index (χ2v) is 5.25. The summed E-state index contributed by atoms with van der Waals surface area (Å²) < 4.78 is 0. The fraction of sp³-hybridized carbons (Fsp3) is 0.417. The van der Waals surface area contributed by atoms with Gasteiger partial charge in [-0.3, -0.25) is 4.79 Å². The minimum atomic E-state index is -0.253. The fourth-order valence-corrected chi connectivity index (χ4v) is 2.11. The van der Waals surface area contributed by atoms with Gasteiger partial charge in [0.15, 0.2) is 0 Å². The molecule has 1 unspecified atom stereocenters. The molecule has 0 saturated carbocycles. The standard InChI is InChI=1S/C12H14Cl3NO/c1-7(2)11(6-13)16-12(17)9-5-8(14)3-4-10(9)15/h3-5,7,11H,6H2,1-2H3,(H,16,17). The van der Waals surface area contributed by atoms with E-state index in [0.29, 0.717) is 21.5 Å². The summed E-state index contributed by atoms with van der Waals surface area (Å²) in [5.74, 6) is 0.368. The van der Waals surface area contributed by atoms with Gasteiger partial charge in [0.1, 0.15) is 0 Å². The van der Waals surface area contributed by atoms with Gasteiger partial charge >= 0.3 is 0 Å². The smallest absolute Gasteiger partial charge is 0.253 e. The van der Waals surface area contributed by atoms with E-state index in [-0.39, 0.29) is 17.9 Å². The van der Waals surface area contributed by atoms with Crippen LogP contribution < -0.4 is 5.32 Å². The third-order valence-corrected chi connectivity index (χ3v) is 3.36. The number of nitrogens with one attached hydrogen (secondary N) is 1. The highest BCUT2D eigenvalue weighted by molar-refractivity contribution is 6.35. The highest BCUT2D eigenvalue weighted by atomic mass is 35.5. The third kappa shape index (κ3) is 4.06. The van der Waals surface area contributed by atoms with Crippen LogP contribution in [0.2, 0.25) is 10.0 Å². The van der Waals surface area contributed by atoms with Crippen molar-refractivity contribution in [1.29, 1.82) is 0 Å². The Labute approximate surface area is 116 Å². The van der Waals surface area contributed by atoms with Gasteiger partial charge in [0.2, 0.25) is 0 Å². The van der Waals surface area contributed by atoms with E-state index in [1.165, 1.54) is 0 Å². The molecule has 1 N–H and O–H groups in total. The van der Waals surface area contributed by atoms with E-state index in [1.807, 2.05) is 13.8 Å². The molecule has 5 heteroatoms. The molecule has 0 aromatic heterocycles. The molecule has 0 aliphatic carbocycles. The Morgan fingerprint density at radius 3 is 2.53 bits per heavy atom. The molecule has 0 saturated heterocycles. The molecule has 0 radical (unpaired) electrons. The summed E-state index contributed by atoms with van der Waals surface area (Å²) in [7, 11) is 0. The minimum Gasteiger partial charge on any atom is -0.348 e. The number of alkyl halides is 1. The van der Waals surface area contributed by atoms with Gasteiger partial charge in [-0.25, -0.2) is 0 Å². The van der Waals surface area contributed by atoms with Crippen LogP contribution in [0.15, 0.2) is 18.2 Å². The summed E-state index contributed by atoms with van der Waals surface area (Å²) in [6, 6.07) is 4.70. The quantitative estimate of drug-likeness (QED) is 0.836. The normalized spacial score (nSPS) is 12.6. The minimum absolute atomic E-state index is 0.0841. The summed E-state index contributed by atoms with van der Waals surface area (Å²) in [5.41, 5.74) is 0.370. The zero-order valence-corrected chi connectivity index (χ0v) is 11.9. The van der Waals surface area contributed by atoms with Crippen molar-refractivity contribution in [2.24, 2.45) is 5.92 Å². The molecule has 1 amide bonds. The number of rotatable bonds is 4. The molecule has 0 spiro atoms. The fourth-order valence-electron chi connectivity index (χ4n) is 1.30. The highest BCUT2D eigenvalue weighted by Gasteiger charge is 2.18. The van der Waals surface area contributed by atoms with Crippen molar-refractivity contribution < 1.29 is 4.79 Å². The molecule has 0 aliphatic rings. The molecular weight excluding hydrogens is 280 g/mol. The summed E-state index contributed by atoms with van der Waals surface area (Å²) >= 11 is 17.6. The van der Waals surface area contributed by atoms with E-state index in [0.717, 1.165) is 0 Å². The van der Waals surface area contributed by atoms with Gasteiger partial charge in [-0.1, -0.05) is 37.0 Å². The molecule has 0 bridgehead atoms. The summed E-state index contributed by atoms with van der Waals surface area (Å²) in [6.07, 6.45) is 0. The third-order valence-electron chi connectivity index (χ3n) is 2.46. The molecule has 1 rings (SSSR count). The van der Waals surface area contributed by atoms with Crippen LogP contribution in [-0.4, -0.2) is 17.8 Å². The van der Waals surface area contributed by atoms with Crippen LogP contribution in [0.1, 0.15) is 24.2 Å². The van der Waals surface area contributed by atoms with E-state index in [2.05, 4.69) is 5.32 Å². The average Bonchev–Trinajstić information content (AvgIpc) is 2.28. The van der Waals surface area contributed by atoms with Crippen LogP contribution in [0.25, 0.3) is 0 Å². The molecule has 2 nitrogen and oxygen atoms in total. The summed E-state index contributed by atoms with van der Waals surface area (Å²) in [4.78, 5) is 12.0. The Bertz CT molecular complexity index is 407. The topological polar surface area (TPSA) is 29.1 Å². The van der Waals surface area contributed by atoms with Gasteiger partial charge in [0.25, 0.3) is 5.91 Å². The predicted octanol–water partition coefficient (Wildman–Crippen LogP) is 3.99. The Kier molecular flexibility index (Phi) is 5.57. The van der Waals surface area contributed by atoms with Crippen molar-refractivity contribution in [3.63, 3.8) is 0 Å². The summed E-state index contributed by atoms with van der Waals surface area (Å²) in [5, 5.41) is 3.69. The number of amides is 1. The van der Waals surface area contributed by atoms with Crippen molar-refractivity contribution in [3.05, 3.63) is 33.8 Å². The number of carbonyl (C=O) groups excluding carboxylic acids is 1. The van der Waals surface area contributed by atoms with Crippen LogP contribution in [0.3, 0.4) is 0 Å². The first-order valence-corrected chi connectivity index (χ1v) is 6.56. The van der Waals surface area contributed by atoms with Gasteiger partial charge in [0.05, 0.1) is 10.6 Å². The second-order valence-electron chi connectivity index (χ2n) is 4.10. The van der Waals surface area contributed by atoms with E-state index in [1.54, 1.807) is 18.2 Å². The Morgan fingerprint density at radius 2 is 2.00 bits per heavy atom. The molecule has 0 heterocycles. The van der Waals surface area contributed by atoms with E-state index >= 15 is 0 Å². The van der Waals surface area contributed by atoms with Gasteiger partial charge in [0, 0.05) is 16.9 Å². The first-order valence-electron chi connectivity index (χ1n) is 5.27. The van der Waals surface area contributed by atoms with Crippen LogP contribution in [0, 0.1) is 5.92 Å². The van der Waals surface area contributed by atoms with Crippen LogP contribution >= 0.6 is 34.8 Å².